The van der Waals surface area contributed by atoms with Gasteiger partial charge in [0.25, 0.3) is 0 Å². The van der Waals surface area contributed by atoms with Crippen molar-refractivity contribution in [1.29, 1.82) is 0 Å². The van der Waals surface area contributed by atoms with E-state index < -0.39 is 18.1 Å². The number of benzene rings is 1. The van der Waals surface area contributed by atoms with Crippen LogP contribution in [0.4, 0.5) is 23.7 Å². The molecule has 1 aromatic rings. The molecule has 1 atom stereocenters. The Morgan fingerprint density at radius 2 is 2.04 bits per heavy atom. The zero-order valence-electron chi connectivity index (χ0n) is 13.7. The lowest BCUT2D eigenvalue weighted by molar-refractivity contribution is -0.183. The SMILES string of the molecule is Cc1cccc(C(C)C)c1NC(=O)N1CCCC(C(F)(F)F)C1. The summed E-state index contributed by atoms with van der Waals surface area (Å²) >= 11 is 0. The van der Waals surface area contributed by atoms with Gasteiger partial charge in [0.2, 0.25) is 0 Å². The third-order valence-electron chi connectivity index (χ3n) is 4.33. The average molecular weight is 328 g/mol. The standard InChI is InChI=1S/C17H23F3N2O/c1-11(2)14-8-4-6-12(3)15(14)21-16(23)22-9-5-7-13(10-22)17(18,19)20/h4,6,8,11,13H,5,7,9-10H2,1-3H3,(H,21,23). The van der Waals surface area contributed by atoms with Crippen molar-refractivity contribution in [3.05, 3.63) is 29.3 Å². The molecule has 128 valence electrons. The second kappa shape index (κ2) is 6.81. The van der Waals surface area contributed by atoms with Crippen LogP contribution in [0, 0.1) is 12.8 Å². The molecule has 0 aromatic heterocycles. The Bertz CT molecular complexity index is 569. The van der Waals surface area contributed by atoms with E-state index in [9.17, 15) is 18.0 Å². The van der Waals surface area contributed by atoms with Gasteiger partial charge in [-0.15, -0.1) is 0 Å². The number of anilines is 1. The van der Waals surface area contributed by atoms with Crippen LogP contribution < -0.4 is 5.32 Å². The Balaban J connectivity index is 2.14. The molecule has 0 aliphatic carbocycles. The van der Waals surface area contributed by atoms with Crippen LogP contribution in [0.1, 0.15) is 43.7 Å². The van der Waals surface area contributed by atoms with Gasteiger partial charge in [-0.3, -0.25) is 0 Å². The Labute approximate surface area is 134 Å². The molecule has 1 N–H and O–H groups in total. The largest absolute Gasteiger partial charge is 0.393 e. The molecule has 3 nitrogen and oxygen atoms in total. The van der Waals surface area contributed by atoms with Crippen LogP contribution in [0.15, 0.2) is 18.2 Å². The van der Waals surface area contributed by atoms with Gasteiger partial charge in [-0.2, -0.15) is 13.2 Å². The number of carbonyl (C=O) groups excluding carboxylic acids is 1. The monoisotopic (exact) mass is 328 g/mol. The summed E-state index contributed by atoms with van der Waals surface area (Å²) in [5, 5.41) is 2.82. The molecular weight excluding hydrogens is 305 g/mol. The molecule has 0 radical (unpaired) electrons. The van der Waals surface area contributed by atoms with E-state index in [1.165, 1.54) is 4.90 Å². The van der Waals surface area contributed by atoms with E-state index in [-0.39, 0.29) is 18.9 Å². The summed E-state index contributed by atoms with van der Waals surface area (Å²) in [5.74, 6) is -1.21. The summed E-state index contributed by atoms with van der Waals surface area (Å²) in [4.78, 5) is 13.7. The lowest BCUT2D eigenvalue weighted by Crippen LogP contribution is -2.46. The topological polar surface area (TPSA) is 32.3 Å². The van der Waals surface area contributed by atoms with Gasteiger partial charge in [-0.05, 0) is 36.8 Å². The summed E-state index contributed by atoms with van der Waals surface area (Å²) in [5.41, 5.74) is 2.61. The maximum atomic E-state index is 12.9. The number of likely N-dealkylation sites (tertiary alicyclic amines) is 1. The predicted molar refractivity (Wildman–Crippen MR) is 84.6 cm³/mol. The molecule has 0 bridgehead atoms. The van der Waals surface area contributed by atoms with Crippen LogP contribution in [-0.4, -0.2) is 30.2 Å². The molecule has 0 saturated carbocycles. The van der Waals surface area contributed by atoms with E-state index in [2.05, 4.69) is 5.32 Å². The number of rotatable bonds is 2. The fraction of sp³-hybridized carbons (Fsp3) is 0.588. The summed E-state index contributed by atoms with van der Waals surface area (Å²) in [6.45, 7) is 6.02. The molecule has 1 fully saturated rings. The molecule has 1 unspecified atom stereocenters. The van der Waals surface area contributed by atoms with E-state index >= 15 is 0 Å². The van der Waals surface area contributed by atoms with E-state index in [4.69, 9.17) is 0 Å². The van der Waals surface area contributed by atoms with Crippen molar-refractivity contribution < 1.29 is 18.0 Å². The van der Waals surface area contributed by atoms with Crippen LogP contribution in [0.5, 0.6) is 0 Å². The first-order valence-corrected chi connectivity index (χ1v) is 7.92. The maximum Gasteiger partial charge on any atom is 0.393 e. The quantitative estimate of drug-likeness (QED) is 0.821. The second-order valence-corrected chi connectivity index (χ2v) is 6.45. The molecular formula is C17H23F3N2O. The fourth-order valence-corrected chi connectivity index (χ4v) is 2.96. The fourth-order valence-electron chi connectivity index (χ4n) is 2.96. The van der Waals surface area contributed by atoms with Crippen molar-refractivity contribution in [1.82, 2.24) is 4.90 Å². The minimum absolute atomic E-state index is 0.0922. The molecule has 6 heteroatoms. The number of hydrogen-bond acceptors (Lipinski definition) is 1. The van der Waals surface area contributed by atoms with Gasteiger partial charge in [0, 0.05) is 18.8 Å². The number of hydrogen-bond donors (Lipinski definition) is 1. The number of urea groups is 1. The van der Waals surface area contributed by atoms with Crippen LogP contribution >= 0.6 is 0 Å². The number of para-hydroxylation sites is 1. The lowest BCUT2D eigenvalue weighted by Gasteiger charge is -2.34. The first kappa shape index (κ1) is 17.6. The average Bonchev–Trinajstić information content (AvgIpc) is 2.48. The molecule has 1 heterocycles. The molecule has 2 rings (SSSR count). The van der Waals surface area contributed by atoms with E-state index in [0.717, 1.165) is 11.1 Å². The van der Waals surface area contributed by atoms with Crippen LogP contribution in [0.2, 0.25) is 0 Å². The summed E-state index contributed by atoms with van der Waals surface area (Å²) < 4.78 is 38.6. The van der Waals surface area contributed by atoms with Crippen molar-refractivity contribution in [3.63, 3.8) is 0 Å². The van der Waals surface area contributed by atoms with Gasteiger partial charge in [-0.25, -0.2) is 4.79 Å². The number of aryl methyl sites for hydroxylation is 1. The smallest absolute Gasteiger partial charge is 0.324 e. The molecule has 23 heavy (non-hydrogen) atoms. The maximum absolute atomic E-state index is 12.9. The highest BCUT2D eigenvalue weighted by atomic mass is 19.4. The van der Waals surface area contributed by atoms with Gasteiger partial charge < -0.3 is 10.2 Å². The highest BCUT2D eigenvalue weighted by molar-refractivity contribution is 5.91. The number of alkyl halides is 3. The molecule has 1 aromatic carbocycles. The van der Waals surface area contributed by atoms with Crippen LogP contribution in [-0.2, 0) is 0 Å². The molecule has 1 aliphatic heterocycles. The number of piperidine rings is 1. The van der Waals surface area contributed by atoms with Gasteiger partial charge >= 0.3 is 12.2 Å². The van der Waals surface area contributed by atoms with Crippen LogP contribution in [0.25, 0.3) is 0 Å². The summed E-state index contributed by atoms with van der Waals surface area (Å²) in [6, 6.07) is 5.29. The number of amides is 2. The summed E-state index contributed by atoms with van der Waals surface area (Å²) in [7, 11) is 0. The third-order valence-corrected chi connectivity index (χ3v) is 4.33. The molecule has 1 aliphatic rings. The highest BCUT2D eigenvalue weighted by Crippen LogP contribution is 2.34. The van der Waals surface area contributed by atoms with E-state index in [1.807, 2.05) is 39.0 Å². The van der Waals surface area contributed by atoms with Crippen molar-refractivity contribution in [3.8, 4) is 0 Å². The number of nitrogens with one attached hydrogen (secondary N) is 1. The number of nitrogens with zero attached hydrogens (tertiary/aromatic N) is 1. The molecule has 0 spiro atoms. The minimum atomic E-state index is -4.25. The Morgan fingerprint density at radius 1 is 1.35 bits per heavy atom. The van der Waals surface area contributed by atoms with Gasteiger partial charge in [-0.1, -0.05) is 32.0 Å². The van der Waals surface area contributed by atoms with Gasteiger partial charge in [0.15, 0.2) is 0 Å². The van der Waals surface area contributed by atoms with Gasteiger partial charge in [0.1, 0.15) is 0 Å². The minimum Gasteiger partial charge on any atom is -0.324 e. The van der Waals surface area contributed by atoms with E-state index in [0.29, 0.717) is 18.7 Å². The van der Waals surface area contributed by atoms with Crippen LogP contribution in [0.3, 0.4) is 0 Å². The lowest BCUT2D eigenvalue weighted by atomic mass is 9.97. The first-order chi connectivity index (χ1) is 10.7. The molecule has 1 saturated heterocycles. The first-order valence-electron chi connectivity index (χ1n) is 7.92. The normalized spacial score (nSPS) is 19.1. The zero-order valence-corrected chi connectivity index (χ0v) is 13.7. The Morgan fingerprint density at radius 3 is 2.65 bits per heavy atom. The highest BCUT2D eigenvalue weighted by Gasteiger charge is 2.42. The number of carbonyl (C=O) groups is 1. The van der Waals surface area contributed by atoms with E-state index in [1.54, 1.807) is 0 Å². The second-order valence-electron chi connectivity index (χ2n) is 6.45. The Hall–Kier alpha value is -1.72. The van der Waals surface area contributed by atoms with Crippen molar-refractivity contribution in [2.24, 2.45) is 5.92 Å². The number of halogens is 3. The Kier molecular flexibility index (Phi) is 5.22. The summed E-state index contributed by atoms with van der Waals surface area (Å²) in [6.07, 6.45) is -3.78. The van der Waals surface area contributed by atoms with Gasteiger partial charge in [0.05, 0.1) is 5.92 Å². The molecule has 2 amide bonds. The van der Waals surface area contributed by atoms with Crippen molar-refractivity contribution >= 4 is 11.7 Å². The van der Waals surface area contributed by atoms with Crippen molar-refractivity contribution in [2.45, 2.75) is 45.7 Å². The third kappa shape index (κ3) is 4.18. The van der Waals surface area contributed by atoms with Crippen molar-refractivity contribution in [2.75, 3.05) is 18.4 Å². The predicted octanol–water partition coefficient (Wildman–Crippen LogP) is 4.92. The zero-order chi connectivity index (χ0) is 17.2.